The van der Waals surface area contributed by atoms with Gasteiger partial charge >= 0.3 is 6.03 Å². The van der Waals surface area contributed by atoms with Crippen molar-refractivity contribution in [3.8, 4) is 0 Å². The largest absolute Gasteiger partial charge is 0.346 e. The number of fused-ring (bicyclic) bond motifs is 1. The first-order chi connectivity index (χ1) is 23.6. The molecule has 5 fully saturated rings. The summed E-state index contributed by atoms with van der Waals surface area (Å²) in [5, 5.41) is 11.6. The number of hydrogen-bond acceptors (Lipinski definition) is 6. The first-order valence-corrected chi connectivity index (χ1v) is 19.0. The lowest BCUT2D eigenvalue weighted by atomic mass is 9.83. The Kier molecular flexibility index (Phi) is 11.7. The Morgan fingerprint density at radius 2 is 1.66 bits per heavy atom. The summed E-state index contributed by atoms with van der Waals surface area (Å²) in [6.07, 6.45) is 10.7. The van der Waals surface area contributed by atoms with E-state index in [0.29, 0.717) is 32.5 Å². The van der Waals surface area contributed by atoms with Crippen LogP contribution in [0.4, 0.5) is 4.79 Å². The number of amides is 6. The van der Waals surface area contributed by atoms with Gasteiger partial charge in [-0.05, 0) is 66.6 Å². The summed E-state index contributed by atoms with van der Waals surface area (Å²) in [5.74, 6) is -1.83. The van der Waals surface area contributed by atoms with Crippen LogP contribution in [0.15, 0.2) is 12.7 Å². The number of rotatable bonds is 14. The molecule has 50 heavy (non-hydrogen) atoms. The molecular weight excluding hydrogens is 636 g/mol. The minimum atomic E-state index is -0.975. The third-order valence-corrected chi connectivity index (χ3v) is 12.1. The van der Waals surface area contributed by atoms with Crippen LogP contribution >= 0.6 is 0 Å². The van der Waals surface area contributed by atoms with Gasteiger partial charge in [-0.25, -0.2) is 4.79 Å². The molecule has 278 valence electrons. The minimum absolute atomic E-state index is 0.0786. The van der Waals surface area contributed by atoms with E-state index in [-0.39, 0.29) is 58.9 Å². The van der Waals surface area contributed by atoms with Crippen LogP contribution in [0.5, 0.6) is 0 Å². The summed E-state index contributed by atoms with van der Waals surface area (Å²) in [6, 6.07) is -3.40. The second-order valence-electron chi connectivity index (χ2n) is 17.2. The van der Waals surface area contributed by atoms with Crippen molar-refractivity contribution < 1.29 is 28.8 Å². The van der Waals surface area contributed by atoms with E-state index in [4.69, 9.17) is 0 Å². The van der Waals surface area contributed by atoms with Gasteiger partial charge in [-0.3, -0.25) is 24.0 Å². The molecule has 2 saturated heterocycles. The average molecular weight is 697 g/mol. The van der Waals surface area contributed by atoms with Gasteiger partial charge in [-0.2, -0.15) is 0 Å². The highest BCUT2D eigenvalue weighted by molar-refractivity contribution is 6.38. The van der Waals surface area contributed by atoms with Gasteiger partial charge in [0.15, 0.2) is 0 Å². The number of carbonyl (C=O) groups is 6. The molecule has 3 saturated carbocycles. The standard InChI is InChI=1S/C38H60N6O6/c1-7-18-39-34(48)32(46)26(20-23-16-17-23)40-33(47)31-29-25(38(29,5)6)21-44(31)35(49)30(24-13-9-8-10-14-24)42-36(50)41-27(37(2,3)4)22-43-19-12-11-15-28(43)45/h7,23-27,29-31H,1,8-22H2,2-6H3,(H,39,48)(H,40,47)(H2,41,42,50)/t25-,26?,27+,29-,30-,31-/m0/s1. The number of Topliss-reactive ketones (excluding diaryl/α,β-unsaturated/α-hetero) is 1. The van der Waals surface area contributed by atoms with E-state index in [9.17, 15) is 28.8 Å². The van der Waals surface area contributed by atoms with Crippen molar-refractivity contribution in [3.05, 3.63) is 12.7 Å². The van der Waals surface area contributed by atoms with E-state index in [2.05, 4.69) is 41.7 Å². The first kappa shape index (κ1) is 37.8. The number of nitrogens with one attached hydrogen (secondary N) is 4. The maximum atomic E-state index is 14.7. The van der Waals surface area contributed by atoms with Crippen LogP contribution < -0.4 is 21.3 Å². The van der Waals surface area contributed by atoms with Crippen molar-refractivity contribution in [1.29, 1.82) is 0 Å². The van der Waals surface area contributed by atoms with Gasteiger partial charge in [0.05, 0.1) is 12.1 Å². The average Bonchev–Trinajstić information content (AvgIpc) is 3.93. The van der Waals surface area contributed by atoms with E-state index in [1.54, 1.807) is 4.90 Å². The lowest BCUT2D eigenvalue weighted by Gasteiger charge is -2.39. The molecular formula is C38H60N6O6. The maximum Gasteiger partial charge on any atom is 0.315 e. The van der Waals surface area contributed by atoms with Crippen LogP contribution in [0.1, 0.15) is 105 Å². The van der Waals surface area contributed by atoms with Gasteiger partial charge in [-0.1, -0.05) is 72.8 Å². The number of piperidine rings is 2. The number of likely N-dealkylation sites (tertiary alicyclic amines) is 2. The second kappa shape index (κ2) is 15.4. The van der Waals surface area contributed by atoms with E-state index in [1.165, 1.54) is 6.08 Å². The van der Waals surface area contributed by atoms with Crippen molar-refractivity contribution in [1.82, 2.24) is 31.1 Å². The van der Waals surface area contributed by atoms with Crippen LogP contribution in [0.25, 0.3) is 0 Å². The molecule has 0 aromatic carbocycles. The molecule has 12 heteroatoms. The van der Waals surface area contributed by atoms with E-state index >= 15 is 0 Å². The highest BCUT2D eigenvalue weighted by atomic mass is 16.2. The SMILES string of the molecule is C=CCNC(=O)C(=O)C(CC1CC1)NC(=O)[C@@H]1[C@@H]2[C@H](CN1C(=O)[C@@H](NC(=O)N[C@H](CN1CCCCC1=O)C(C)(C)C)C1CCCCC1)C2(C)C. The van der Waals surface area contributed by atoms with Crippen LogP contribution in [0.3, 0.4) is 0 Å². The minimum Gasteiger partial charge on any atom is -0.346 e. The maximum absolute atomic E-state index is 14.7. The summed E-state index contributed by atoms with van der Waals surface area (Å²) < 4.78 is 0. The molecule has 0 aromatic heterocycles. The van der Waals surface area contributed by atoms with Crippen molar-refractivity contribution in [2.75, 3.05) is 26.2 Å². The molecule has 2 aliphatic heterocycles. The number of carbonyl (C=O) groups excluding carboxylic acids is 6. The predicted molar refractivity (Wildman–Crippen MR) is 189 cm³/mol. The highest BCUT2D eigenvalue weighted by Crippen LogP contribution is 2.65. The van der Waals surface area contributed by atoms with E-state index in [0.717, 1.165) is 57.8 Å². The number of urea groups is 1. The fourth-order valence-corrected chi connectivity index (χ4v) is 8.58. The summed E-state index contributed by atoms with van der Waals surface area (Å²) in [6.45, 7) is 15.5. The van der Waals surface area contributed by atoms with Gasteiger partial charge < -0.3 is 31.1 Å². The quantitative estimate of drug-likeness (QED) is 0.161. The molecule has 0 aromatic rings. The number of nitrogens with zero attached hydrogens (tertiary/aromatic N) is 2. The molecule has 3 aliphatic carbocycles. The van der Waals surface area contributed by atoms with Crippen LogP contribution in [-0.2, 0) is 24.0 Å². The van der Waals surface area contributed by atoms with Gasteiger partial charge in [0.1, 0.15) is 12.1 Å². The molecule has 0 spiro atoms. The topological polar surface area (TPSA) is 157 Å². The van der Waals surface area contributed by atoms with E-state index in [1.807, 2.05) is 25.7 Å². The zero-order chi connectivity index (χ0) is 36.4. The number of ketones is 1. The first-order valence-electron chi connectivity index (χ1n) is 19.0. The fourth-order valence-electron chi connectivity index (χ4n) is 8.58. The molecule has 6 atom stereocenters. The van der Waals surface area contributed by atoms with Gasteiger partial charge in [0.25, 0.3) is 5.91 Å². The Morgan fingerprint density at radius 1 is 0.960 bits per heavy atom. The Labute approximate surface area is 297 Å². The normalized spacial score (nSPS) is 26.6. The molecule has 5 aliphatic rings. The molecule has 6 amide bonds. The molecule has 0 bridgehead atoms. The fraction of sp³-hybridized carbons (Fsp3) is 0.789. The molecule has 1 unspecified atom stereocenters. The molecule has 0 radical (unpaired) electrons. The summed E-state index contributed by atoms with van der Waals surface area (Å²) in [7, 11) is 0. The monoisotopic (exact) mass is 696 g/mol. The summed E-state index contributed by atoms with van der Waals surface area (Å²) in [4.78, 5) is 84.6. The van der Waals surface area contributed by atoms with Crippen molar-refractivity contribution in [3.63, 3.8) is 0 Å². The third kappa shape index (κ3) is 8.70. The second-order valence-corrected chi connectivity index (χ2v) is 17.2. The smallest absolute Gasteiger partial charge is 0.315 e. The molecule has 4 N–H and O–H groups in total. The molecule has 5 rings (SSSR count). The highest BCUT2D eigenvalue weighted by Gasteiger charge is 2.69. The summed E-state index contributed by atoms with van der Waals surface area (Å²) >= 11 is 0. The predicted octanol–water partition coefficient (Wildman–Crippen LogP) is 3.30. The van der Waals surface area contributed by atoms with E-state index < -0.39 is 41.8 Å². The van der Waals surface area contributed by atoms with Crippen LogP contribution in [0, 0.1) is 34.5 Å². The van der Waals surface area contributed by atoms with Crippen LogP contribution in [0.2, 0.25) is 0 Å². The van der Waals surface area contributed by atoms with Crippen molar-refractivity contribution in [2.24, 2.45) is 34.5 Å². The zero-order valence-electron chi connectivity index (χ0n) is 30.9. The van der Waals surface area contributed by atoms with Crippen molar-refractivity contribution in [2.45, 2.75) is 129 Å². The lowest BCUT2D eigenvalue weighted by molar-refractivity contribution is -0.144. The Hall–Kier alpha value is -3.44. The number of hydrogen-bond donors (Lipinski definition) is 4. The molecule has 2 heterocycles. The van der Waals surface area contributed by atoms with Gasteiger partial charge in [0, 0.05) is 32.6 Å². The summed E-state index contributed by atoms with van der Waals surface area (Å²) in [5.41, 5.74) is -0.505. The van der Waals surface area contributed by atoms with Gasteiger partial charge in [-0.15, -0.1) is 6.58 Å². The third-order valence-electron chi connectivity index (χ3n) is 12.1. The lowest BCUT2D eigenvalue weighted by Crippen LogP contribution is -2.62. The Bertz CT molecular complexity index is 1330. The zero-order valence-corrected chi connectivity index (χ0v) is 30.9. The van der Waals surface area contributed by atoms with Crippen molar-refractivity contribution >= 4 is 35.4 Å². The Balaban J connectivity index is 1.34. The Morgan fingerprint density at radius 3 is 2.28 bits per heavy atom. The van der Waals surface area contributed by atoms with Gasteiger partial charge in [0.2, 0.25) is 23.5 Å². The van der Waals surface area contributed by atoms with Crippen LogP contribution in [-0.4, -0.2) is 95.6 Å². The molecule has 12 nitrogen and oxygen atoms in total.